The smallest absolute Gasteiger partial charge is 0.300 e. The first-order valence-corrected chi connectivity index (χ1v) is 10.4. The van der Waals surface area contributed by atoms with Crippen molar-refractivity contribution in [2.24, 2.45) is 0 Å². The summed E-state index contributed by atoms with van der Waals surface area (Å²) >= 11 is 0. The van der Waals surface area contributed by atoms with E-state index in [2.05, 4.69) is 113 Å². The van der Waals surface area contributed by atoms with Gasteiger partial charge in [0.05, 0.1) is 0 Å². The Bertz CT molecular complexity index is 1060. The molecule has 3 heteroatoms. The number of benzene rings is 2. The first kappa shape index (κ1) is 21.7. The standard InChI is InChI=1S/C28H24N2.Pt/c1-27(2)21-11-5-9-19(17-21)24-14-8-16-26(30-24)28(3,4)22-12-6-10-20(18-22)23-13-7-15-25(27)29-23;/h5-16H,1-4H3;/q-2;+2. The Hall–Kier alpha value is -2.57. The summed E-state index contributed by atoms with van der Waals surface area (Å²) in [4.78, 5) is 10.1. The van der Waals surface area contributed by atoms with Crippen molar-refractivity contribution in [3.63, 3.8) is 0 Å². The quantitative estimate of drug-likeness (QED) is 0.225. The summed E-state index contributed by atoms with van der Waals surface area (Å²) in [5.74, 6) is 0. The van der Waals surface area contributed by atoms with Crippen LogP contribution in [0.5, 0.6) is 0 Å². The van der Waals surface area contributed by atoms with E-state index in [9.17, 15) is 0 Å². The Labute approximate surface area is 199 Å². The van der Waals surface area contributed by atoms with Crippen LogP contribution in [0.1, 0.15) is 50.2 Å². The van der Waals surface area contributed by atoms with Gasteiger partial charge in [-0.05, 0) is 23.5 Å². The zero-order valence-electron chi connectivity index (χ0n) is 18.1. The molecule has 0 saturated heterocycles. The Morgan fingerprint density at radius 3 is 1.35 bits per heavy atom. The molecule has 2 aromatic carbocycles. The molecular formula is C28H24N2Pt. The molecule has 2 aromatic heterocycles. The van der Waals surface area contributed by atoms with Crippen LogP contribution in [0.3, 0.4) is 0 Å². The summed E-state index contributed by atoms with van der Waals surface area (Å²) < 4.78 is 0. The second-order valence-corrected chi connectivity index (χ2v) is 9.02. The van der Waals surface area contributed by atoms with Crippen LogP contribution in [0.4, 0.5) is 0 Å². The average Bonchev–Trinajstić information content (AvgIpc) is 2.79. The van der Waals surface area contributed by atoms with Crippen molar-refractivity contribution in [2.45, 2.75) is 38.5 Å². The van der Waals surface area contributed by atoms with Crippen molar-refractivity contribution < 1.29 is 21.1 Å². The van der Waals surface area contributed by atoms with E-state index in [4.69, 9.17) is 9.97 Å². The maximum Gasteiger partial charge on any atom is 2.00 e. The molecule has 2 nitrogen and oxygen atoms in total. The minimum atomic E-state index is -0.287. The van der Waals surface area contributed by atoms with E-state index >= 15 is 0 Å². The van der Waals surface area contributed by atoms with Crippen LogP contribution >= 0.6 is 0 Å². The van der Waals surface area contributed by atoms with Gasteiger partial charge in [0.15, 0.2) is 0 Å². The third kappa shape index (κ3) is 3.68. The molecule has 3 heterocycles. The van der Waals surface area contributed by atoms with Crippen LogP contribution in [0.2, 0.25) is 0 Å². The predicted molar refractivity (Wildman–Crippen MR) is 121 cm³/mol. The van der Waals surface area contributed by atoms with Crippen molar-refractivity contribution in [3.8, 4) is 22.5 Å². The fourth-order valence-electron chi connectivity index (χ4n) is 4.11. The number of hydrogen-bond donors (Lipinski definition) is 0. The maximum absolute atomic E-state index is 5.05. The largest absolute Gasteiger partial charge is 2.00 e. The zero-order valence-corrected chi connectivity index (χ0v) is 20.4. The molecule has 4 aromatic rings. The number of hydrogen-bond acceptors (Lipinski definition) is 2. The SMILES string of the molecule is CC1(C)c2[c-]c(ccc2)-c2cccc(n2)C(C)(C)c2[c-]c(ccc2)-c2cccc1n2.[Pt+2]. The fraction of sp³-hybridized carbons (Fsp3) is 0.214. The average molecular weight is 584 g/mol. The number of pyridine rings is 2. The molecule has 0 saturated carbocycles. The first-order valence-electron chi connectivity index (χ1n) is 10.4. The van der Waals surface area contributed by atoms with Gasteiger partial charge in [-0.2, -0.15) is 0 Å². The number of aromatic nitrogens is 2. The summed E-state index contributed by atoms with van der Waals surface area (Å²) in [6.07, 6.45) is 0. The molecule has 1 aliphatic rings. The fourth-order valence-corrected chi connectivity index (χ4v) is 4.11. The van der Waals surface area contributed by atoms with E-state index in [1.54, 1.807) is 0 Å². The minimum Gasteiger partial charge on any atom is -0.300 e. The van der Waals surface area contributed by atoms with E-state index in [1.807, 2.05) is 0 Å². The predicted octanol–water partition coefficient (Wildman–Crippen LogP) is 6.37. The van der Waals surface area contributed by atoms with Crippen molar-refractivity contribution in [3.05, 3.63) is 107 Å². The number of rotatable bonds is 0. The molecule has 0 unspecified atom stereocenters. The zero-order chi connectivity index (χ0) is 20.9. The van der Waals surface area contributed by atoms with E-state index in [1.165, 1.54) is 0 Å². The molecule has 31 heavy (non-hydrogen) atoms. The molecule has 0 atom stereocenters. The Kier molecular flexibility index (Phi) is 5.48. The minimum absolute atomic E-state index is 0. The normalized spacial score (nSPS) is 15.4. The molecule has 0 radical (unpaired) electrons. The van der Waals surface area contributed by atoms with Crippen LogP contribution in [0, 0.1) is 12.1 Å². The summed E-state index contributed by atoms with van der Waals surface area (Å²) in [6, 6.07) is 32.4. The molecular weight excluding hydrogens is 559 g/mol. The van der Waals surface area contributed by atoms with Gasteiger partial charge in [-0.25, -0.2) is 0 Å². The summed E-state index contributed by atoms with van der Waals surface area (Å²) in [6.45, 7) is 8.81. The van der Waals surface area contributed by atoms with Crippen LogP contribution in [-0.2, 0) is 31.9 Å². The van der Waals surface area contributed by atoms with Crippen molar-refractivity contribution in [1.29, 1.82) is 0 Å². The second kappa shape index (κ2) is 7.84. The van der Waals surface area contributed by atoms with Gasteiger partial charge in [0.2, 0.25) is 0 Å². The topological polar surface area (TPSA) is 25.8 Å². The molecule has 0 N–H and O–H groups in total. The monoisotopic (exact) mass is 583 g/mol. The maximum atomic E-state index is 5.05. The summed E-state index contributed by atoms with van der Waals surface area (Å²) in [7, 11) is 0. The first-order chi connectivity index (χ1) is 14.4. The van der Waals surface area contributed by atoms with Gasteiger partial charge in [0, 0.05) is 22.2 Å². The van der Waals surface area contributed by atoms with Crippen molar-refractivity contribution in [1.82, 2.24) is 9.97 Å². The molecule has 0 spiro atoms. The van der Waals surface area contributed by atoms with Gasteiger partial charge in [-0.1, -0.05) is 52.0 Å². The van der Waals surface area contributed by atoms with Gasteiger partial charge in [0.25, 0.3) is 0 Å². The molecule has 0 aliphatic carbocycles. The van der Waals surface area contributed by atoms with Crippen LogP contribution in [0.25, 0.3) is 22.5 Å². The van der Waals surface area contributed by atoms with Crippen molar-refractivity contribution >= 4 is 0 Å². The third-order valence-electron chi connectivity index (χ3n) is 6.27. The molecule has 156 valence electrons. The van der Waals surface area contributed by atoms with Crippen LogP contribution < -0.4 is 0 Å². The van der Waals surface area contributed by atoms with Crippen LogP contribution in [0.15, 0.2) is 72.8 Å². The van der Waals surface area contributed by atoms with E-state index in [0.29, 0.717) is 0 Å². The summed E-state index contributed by atoms with van der Waals surface area (Å²) in [5.41, 5.74) is 7.55. The molecule has 5 rings (SSSR count). The number of fused-ring (bicyclic) bond motifs is 10. The van der Waals surface area contributed by atoms with E-state index < -0.39 is 0 Å². The van der Waals surface area contributed by atoms with Gasteiger partial charge in [-0.3, -0.25) is 0 Å². The van der Waals surface area contributed by atoms with Gasteiger partial charge < -0.3 is 9.97 Å². The molecule has 8 bridgehead atoms. The van der Waals surface area contributed by atoms with Crippen LogP contribution in [-0.4, -0.2) is 9.97 Å². The van der Waals surface area contributed by atoms with Gasteiger partial charge in [-0.15, -0.1) is 70.8 Å². The van der Waals surface area contributed by atoms with Gasteiger partial charge >= 0.3 is 21.1 Å². The molecule has 0 amide bonds. The van der Waals surface area contributed by atoms with E-state index in [0.717, 1.165) is 45.0 Å². The molecule has 1 aliphatic heterocycles. The molecule has 0 fully saturated rings. The summed E-state index contributed by atoms with van der Waals surface area (Å²) in [5, 5.41) is 0. The Morgan fingerprint density at radius 1 is 0.548 bits per heavy atom. The number of nitrogens with zero attached hydrogens (tertiary/aromatic N) is 2. The third-order valence-corrected chi connectivity index (χ3v) is 6.27. The van der Waals surface area contributed by atoms with Gasteiger partial charge in [0.1, 0.15) is 0 Å². The second-order valence-electron chi connectivity index (χ2n) is 9.02. The Balaban J connectivity index is 0.00000231. The van der Waals surface area contributed by atoms with Crippen molar-refractivity contribution in [2.75, 3.05) is 0 Å². The Morgan fingerprint density at radius 2 is 0.935 bits per heavy atom. The van der Waals surface area contributed by atoms with E-state index in [-0.39, 0.29) is 31.9 Å².